The fourth-order valence-corrected chi connectivity index (χ4v) is 3.01. The van der Waals surface area contributed by atoms with Crippen molar-refractivity contribution in [1.82, 2.24) is 0 Å². The molecule has 0 radical (unpaired) electrons. The Morgan fingerprint density at radius 1 is 0.966 bits per heavy atom. The largest absolute Gasteiger partial charge is 0.491 e. The van der Waals surface area contributed by atoms with Crippen LogP contribution in [0.2, 0.25) is 0 Å². The number of aryl methyl sites for hydroxylation is 1. The lowest BCUT2D eigenvalue weighted by Crippen LogP contribution is -2.23. The number of rotatable bonds is 9. The molecule has 0 unspecified atom stereocenters. The van der Waals surface area contributed by atoms with Crippen LogP contribution in [0.1, 0.15) is 39.7 Å². The molecule has 0 fully saturated rings. The summed E-state index contributed by atoms with van der Waals surface area (Å²) in [6.07, 6.45) is -0.162. The molecule has 0 spiro atoms. The van der Waals surface area contributed by atoms with Gasteiger partial charge in [-0.25, -0.2) is 0 Å². The average Bonchev–Trinajstić information content (AvgIpc) is 2.66. The number of nitrogens with one attached hydrogen (secondary N) is 2. The normalized spacial score (nSPS) is 10.6. The zero-order valence-corrected chi connectivity index (χ0v) is 17.9. The Morgan fingerprint density at radius 2 is 1.59 bits per heavy atom. The van der Waals surface area contributed by atoms with Crippen molar-refractivity contribution < 1.29 is 14.3 Å². The Hall–Kier alpha value is -3.02. The Balaban J connectivity index is 1.90. The van der Waals surface area contributed by atoms with Crippen molar-refractivity contribution in [2.75, 3.05) is 28.6 Å². The van der Waals surface area contributed by atoms with Gasteiger partial charge in [-0.05, 0) is 82.6 Å². The van der Waals surface area contributed by atoms with E-state index in [-0.39, 0.29) is 24.3 Å². The number of hydrogen-bond donors (Lipinski definition) is 2. The van der Waals surface area contributed by atoms with E-state index in [2.05, 4.69) is 29.4 Å². The van der Waals surface area contributed by atoms with Gasteiger partial charge in [0.1, 0.15) is 12.2 Å². The third kappa shape index (κ3) is 6.82. The summed E-state index contributed by atoms with van der Waals surface area (Å²) >= 11 is 0. The van der Waals surface area contributed by atoms with Gasteiger partial charge in [0.15, 0.2) is 0 Å². The van der Waals surface area contributed by atoms with Crippen LogP contribution in [0.4, 0.5) is 17.1 Å². The molecule has 2 aromatic rings. The number of amides is 2. The monoisotopic (exact) mass is 397 g/mol. The molecule has 156 valence electrons. The van der Waals surface area contributed by atoms with Crippen molar-refractivity contribution in [2.24, 2.45) is 0 Å². The van der Waals surface area contributed by atoms with Gasteiger partial charge in [-0.3, -0.25) is 9.59 Å². The smallest absolute Gasteiger partial charge is 0.233 e. The highest BCUT2D eigenvalue weighted by Gasteiger charge is 2.12. The first-order chi connectivity index (χ1) is 13.8. The highest BCUT2D eigenvalue weighted by molar-refractivity contribution is 6.08. The van der Waals surface area contributed by atoms with E-state index in [1.807, 2.05) is 39.0 Å². The van der Waals surface area contributed by atoms with Gasteiger partial charge in [-0.2, -0.15) is 0 Å². The molecule has 2 N–H and O–H groups in total. The van der Waals surface area contributed by atoms with Crippen LogP contribution >= 0.6 is 0 Å². The third-order valence-corrected chi connectivity index (χ3v) is 4.44. The maximum absolute atomic E-state index is 12.3. The fraction of sp³-hybridized carbons (Fsp3) is 0.391. The maximum atomic E-state index is 12.3. The topological polar surface area (TPSA) is 70.7 Å². The number of nitrogens with zero attached hydrogens (tertiary/aromatic N) is 1. The number of hydrogen-bond acceptors (Lipinski definition) is 4. The highest BCUT2D eigenvalue weighted by Crippen LogP contribution is 2.23. The third-order valence-electron chi connectivity index (χ3n) is 4.44. The van der Waals surface area contributed by atoms with Crippen molar-refractivity contribution in [3.8, 4) is 5.75 Å². The summed E-state index contributed by atoms with van der Waals surface area (Å²) in [6, 6.07) is 13.0. The molecule has 6 nitrogen and oxygen atoms in total. The second kappa shape index (κ2) is 10.5. The van der Waals surface area contributed by atoms with Gasteiger partial charge < -0.3 is 20.3 Å². The van der Waals surface area contributed by atoms with Crippen molar-refractivity contribution in [1.29, 1.82) is 0 Å². The van der Waals surface area contributed by atoms with E-state index in [9.17, 15) is 9.59 Å². The molecule has 2 amide bonds. The van der Waals surface area contributed by atoms with E-state index >= 15 is 0 Å². The summed E-state index contributed by atoms with van der Waals surface area (Å²) in [4.78, 5) is 26.7. The second-order valence-corrected chi connectivity index (χ2v) is 7.14. The number of ether oxygens (including phenoxy) is 1. The Kier molecular flexibility index (Phi) is 8.07. The van der Waals surface area contributed by atoms with E-state index in [1.165, 1.54) is 0 Å². The molecule has 0 aliphatic rings. The quantitative estimate of drug-likeness (QED) is 0.607. The van der Waals surface area contributed by atoms with Gasteiger partial charge in [-0.1, -0.05) is 0 Å². The van der Waals surface area contributed by atoms with E-state index in [4.69, 9.17) is 4.74 Å². The fourth-order valence-electron chi connectivity index (χ4n) is 3.01. The lowest BCUT2D eigenvalue weighted by Gasteiger charge is -2.22. The van der Waals surface area contributed by atoms with Crippen molar-refractivity contribution in [3.63, 3.8) is 0 Å². The van der Waals surface area contributed by atoms with E-state index in [0.29, 0.717) is 11.4 Å². The van der Waals surface area contributed by atoms with Gasteiger partial charge in [0.25, 0.3) is 0 Å². The van der Waals surface area contributed by atoms with Crippen LogP contribution in [0.25, 0.3) is 0 Å². The zero-order chi connectivity index (χ0) is 21.4. The van der Waals surface area contributed by atoms with Gasteiger partial charge >= 0.3 is 0 Å². The lowest BCUT2D eigenvalue weighted by atomic mass is 10.1. The van der Waals surface area contributed by atoms with Crippen molar-refractivity contribution in [2.45, 2.75) is 47.1 Å². The molecule has 6 heteroatoms. The summed E-state index contributed by atoms with van der Waals surface area (Å²) in [5, 5.41) is 5.55. The molecule has 0 aliphatic carbocycles. The lowest BCUT2D eigenvalue weighted by molar-refractivity contribution is -0.123. The average molecular weight is 398 g/mol. The SMILES string of the molecule is CCN(CC)c1ccc(NC(=O)CC(=O)Nc2ccc(OC(C)C)cc2)c(C)c1. The molecule has 29 heavy (non-hydrogen) atoms. The molecule has 0 bridgehead atoms. The standard InChI is InChI=1S/C23H31N3O3/c1-6-26(7-2)19-10-13-21(17(5)14-19)25-23(28)15-22(27)24-18-8-11-20(12-9-18)29-16(3)4/h8-14,16H,6-7,15H2,1-5H3,(H,24,27)(H,25,28). The minimum atomic E-state index is -0.363. The van der Waals surface area contributed by atoms with Crippen LogP contribution in [-0.4, -0.2) is 31.0 Å². The predicted molar refractivity (Wildman–Crippen MR) is 119 cm³/mol. The first-order valence-corrected chi connectivity index (χ1v) is 10.0. The van der Waals surface area contributed by atoms with Gasteiger partial charge in [-0.15, -0.1) is 0 Å². The van der Waals surface area contributed by atoms with Crippen molar-refractivity contribution >= 4 is 28.9 Å². The predicted octanol–water partition coefficient (Wildman–Crippen LogP) is 4.60. The van der Waals surface area contributed by atoms with E-state index in [0.717, 1.165) is 30.1 Å². The first kappa shape index (κ1) is 22.3. The summed E-state index contributed by atoms with van der Waals surface area (Å²) in [5.41, 5.74) is 3.42. The maximum Gasteiger partial charge on any atom is 0.233 e. The van der Waals surface area contributed by atoms with Gasteiger partial charge in [0.05, 0.1) is 6.10 Å². The number of anilines is 3. The number of carbonyl (C=O) groups excluding carboxylic acids is 2. The Bertz CT molecular complexity index is 828. The minimum absolute atomic E-state index is 0.0867. The van der Waals surface area contributed by atoms with Gasteiger partial charge in [0.2, 0.25) is 11.8 Å². The summed E-state index contributed by atoms with van der Waals surface area (Å²) in [6.45, 7) is 11.9. The van der Waals surface area contributed by atoms with Crippen LogP contribution < -0.4 is 20.3 Å². The molecular weight excluding hydrogens is 366 g/mol. The molecule has 0 heterocycles. The first-order valence-electron chi connectivity index (χ1n) is 10.0. The van der Waals surface area contributed by atoms with E-state index < -0.39 is 0 Å². The molecule has 0 aliphatic heterocycles. The summed E-state index contributed by atoms with van der Waals surface area (Å²) in [5.74, 6) is 0.0257. The molecule has 2 aromatic carbocycles. The second-order valence-electron chi connectivity index (χ2n) is 7.14. The number of benzene rings is 2. The molecule has 0 atom stereocenters. The van der Waals surface area contributed by atoms with Crippen LogP contribution in [0.5, 0.6) is 5.75 Å². The van der Waals surface area contributed by atoms with Crippen LogP contribution in [-0.2, 0) is 9.59 Å². The van der Waals surface area contributed by atoms with Gasteiger partial charge in [0, 0.05) is 30.2 Å². The summed E-state index contributed by atoms with van der Waals surface area (Å²) in [7, 11) is 0. The Labute approximate surface area is 173 Å². The van der Waals surface area contributed by atoms with Crippen LogP contribution in [0, 0.1) is 6.92 Å². The molecule has 0 aromatic heterocycles. The van der Waals surface area contributed by atoms with Crippen LogP contribution in [0.15, 0.2) is 42.5 Å². The van der Waals surface area contributed by atoms with Crippen molar-refractivity contribution in [3.05, 3.63) is 48.0 Å². The molecule has 2 rings (SSSR count). The van der Waals surface area contributed by atoms with E-state index in [1.54, 1.807) is 24.3 Å². The highest BCUT2D eigenvalue weighted by atomic mass is 16.5. The number of carbonyl (C=O) groups is 2. The minimum Gasteiger partial charge on any atom is -0.491 e. The summed E-state index contributed by atoms with van der Waals surface area (Å²) < 4.78 is 5.57. The Morgan fingerprint density at radius 3 is 2.14 bits per heavy atom. The van der Waals surface area contributed by atoms with Crippen LogP contribution in [0.3, 0.4) is 0 Å². The molecule has 0 saturated carbocycles. The zero-order valence-electron chi connectivity index (χ0n) is 17.9. The molecular formula is C23H31N3O3. The molecule has 0 saturated heterocycles.